The van der Waals surface area contributed by atoms with Crippen LogP contribution in [0.2, 0.25) is 0 Å². The third kappa shape index (κ3) is 1.50. The summed E-state index contributed by atoms with van der Waals surface area (Å²) in [7, 11) is 0. The van der Waals surface area contributed by atoms with Crippen LogP contribution < -0.4 is 4.74 Å². The van der Waals surface area contributed by atoms with Gasteiger partial charge in [0.05, 0.1) is 12.7 Å². The van der Waals surface area contributed by atoms with Crippen molar-refractivity contribution in [1.82, 2.24) is 0 Å². The second kappa shape index (κ2) is 4.24. The molecule has 1 unspecified atom stereocenters. The molecule has 0 saturated carbocycles. The first-order valence-electron chi connectivity index (χ1n) is 6.26. The molecule has 0 amide bonds. The van der Waals surface area contributed by atoms with Gasteiger partial charge in [-0.25, -0.2) is 4.39 Å². The number of nitrogens with zero attached hydrogens (tertiary/aromatic N) is 1. The molecular weight excluding hydrogens is 236 g/mol. The summed E-state index contributed by atoms with van der Waals surface area (Å²) in [4.78, 5) is 0. The van der Waals surface area contributed by atoms with Gasteiger partial charge >= 0.3 is 0 Å². The van der Waals surface area contributed by atoms with Gasteiger partial charge in [-0.05, 0) is 36.3 Å². The Kier molecular flexibility index (Phi) is 2.70. The summed E-state index contributed by atoms with van der Waals surface area (Å²) in [6, 6.07) is 2.12. The van der Waals surface area contributed by atoms with Gasteiger partial charge in [0, 0.05) is 18.4 Å². The average Bonchev–Trinajstić information content (AvgIpc) is 2.99. The predicted octanol–water partition coefficient (Wildman–Crippen LogP) is 3.23. The molecule has 2 aliphatic rings. The van der Waals surface area contributed by atoms with Gasteiger partial charge in [0.2, 0.25) is 5.82 Å². The normalized spacial score (nSPS) is 20.2. The molecule has 4 heteroatoms. The Morgan fingerprint density at radius 1 is 1.22 bits per heavy atom. The smallest absolute Gasteiger partial charge is 0.201 e. The topological polar surface area (TPSA) is 33.0 Å². The molecule has 94 valence electrons. The highest BCUT2D eigenvalue weighted by atomic mass is 19.2. The summed E-state index contributed by atoms with van der Waals surface area (Å²) in [5.41, 5.74) is 2.28. The van der Waals surface area contributed by atoms with Crippen LogP contribution in [0.3, 0.4) is 0 Å². The van der Waals surface area contributed by atoms with Gasteiger partial charge in [-0.1, -0.05) is 0 Å². The van der Waals surface area contributed by atoms with Crippen LogP contribution >= 0.6 is 0 Å². The van der Waals surface area contributed by atoms with Crippen molar-refractivity contribution in [3.05, 3.63) is 28.3 Å². The van der Waals surface area contributed by atoms with E-state index in [1.165, 1.54) is 0 Å². The van der Waals surface area contributed by atoms with Crippen LogP contribution in [0.25, 0.3) is 0 Å². The first-order valence-corrected chi connectivity index (χ1v) is 6.26. The van der Waals surface area contributed by atoms with Crippen molar-refractivity contribution in [2.45, 2.75) is 38.0 Å². The number of ether oxygens (including phenoxy) is 1. The van der Waals surface area contributed by atoms with Crippen molar-refractivity contribution < 1.29 is 13.5 Å². The van der Waals surface area contributed by atoms with Gasteiger partial charge in [-0.15, -0.1) is 0 Å². The van der Waals surface area contributed by atoms with Gasteiger partial charge in [0.25, 0.3) is 0 Å². The fraction of sp³-hybridized carbons (Fsp3) is 0.500. The highest BCUT2D eigenvalue weighted by molar-refractivity contribution is 5.52. The van der Waals surface area contributed by atoms with E-state index < -0.39 is 11.6 Å². The van der Waals surface area contributed by atoms with E-state index >= 15 is 0 Å². The Morgan fingerprint density at radius 3 is 2.83 bits per heavy atom. The first kappa shape index (κ1) is 11.5. The Morgan fingerprint density at radius 2 is 2.06 bits per heavy atom. The molecule has 1 atom stereocenters. The zero-order valence-electron chi connectivity index (χ0n) is 9.93. The van der Waals surface area contributed by atoms with Crippen LogP contribution in [0, 0.1) is 23.0 Å². The standard InChI is InChI=1S/C14H13F2NO/c15-12-9-4-3-8(2-1-6-17)11(9)10-5-7-18-14(10)13(12)16/h8H,1-5,7H2. The monoisotopic (exact) mass is 249 g/mol. The minimum Gasteiger partial charge on any atom is -0.490 e. The molecule has 1 aromatic rings. The lowest BCUT2D eigenvalue weighted by atomic mass is 9.90. The molecule has 0 aromatic heterocycles. The van der Waals surface area contributed by atoms with E-state index in [9.17, 15) is 8.78 Å². The molecule has 1 aromatic carbocycles. The Labute approximate surface area is 104 Å². The Balaban J connectivity index is 2.10. The van der Waals surface area contributed by atoms with Gasteiger partial charge in [0.1, 0.15) is 0 Å². The van der Waals surface area contributed by atoms with Crippen LogP contribution in [-0.2, 0) is 12.8 Å². The van der Waals surface area contributed by atoms with Gasteiger partial charge in [-0.3, -0.25) is 0 Å². The summed E-state index contributed by atoms with van der Waals surface area (Å²) in [6.45, 7) is 0.424. The van der Waals surface area contributed by atoms with E-state index in [2.05, 4.69) is 6.07 Å². The maximum atomic E-state index is 13.9. The predicted molar refractivity (Wildman–Crippen MR) is 61.5 cm³/mol. The molecule has 0 fully saturated rings. The maximum absolute atomic E-state index is 13.9. The number of nitriles is 1. The van der Waals surface area contributed by atoms with Gasteiger partial charge < -0.3 is 4.74 Å². The van der Waals surface area contributed by atoms with E-state index in [0.29, 0.717) is 31.4 Å². The summed E-state index contributed by atoms with van der Waals surface area (Å²) >= 11 is 0. The van der Waals surface area contributed by atoms with E-state index in [1.807, 2.05) is 0 Å². The fourth-order valence-corrected chi connectivity index (χ4v) is 3.17. The quantitative estimate of drug-likeness (QED) is 0.806. The van der Waals surface area contributed by atoms with Crippen molar-refractivity contribution in [3.8, 4) is 11.8 Å². The van der Waals surface area contributed by atoms with Crippen LogP contribution in [0.15, 0.2) is 0 Å². The molecule has 0 spiro atoms. The molecule has 0 bridgehead atoms. The zero-order chi connectivity index (χ0) is 12.7. The lowest BCUT2D eigenvalue weighted by molar-refractivity contribution is 0.331. The SMILES string of the molecule is N#CCCC1CCc2c(F)c(F)c3c(c21)CCO3. The third-order valence-electron chi connectivity index (χ3n) is 3.94. The molecular formula is C14H13F2NO. The largest absolute Gasteiger partial charge is 0.490 e. The third-order valence-corrected chi connectivity index (χ3v) is 3.94. The maximum Gasteiger partial charge on any atom is 0.201 e. The van der Waals surface area contributed by atoms with Crippen LogP contribution in [-0.4, -0.2) is 6.61 Å². The molecule has 1 heterocycles. The minimum absolute atomic E-state index is 0.107. The summed E-state index contributed by atoms with van der Waals surface area (Å²) in [5, 5.41) is 8.66. The van der Waals surface area contributed by atoms with Crippen molar-refractivity contribution >= 4 is 0 Å². The van der Waals surface area contributed by atoms with E-state index in [0.717, 1.165) is 24.0 Å². The number of rotatable bonds is 2. The lowest BCUT2D eigenvalue weighted by Crippen LogP contribution is -2.02. The molecule has 18 heavy (non-hydrogen) atoms. The van der Waals surface area contributed by atoms with E-state index in [1.54, 1.807) is 0 Å². The highest BCUT2D eigenvalue weighted by Crippen LogP contribution is 2.46. The number of halogens is 2. The van der Waals surface area contributed by atoms with E-state index in [4.69, 9.17) is 10.00 Å². The second-order valence-corrected chi connectivity index (χ2v) is 4.86. The number of hydrogen-bond donors (Lipinski definition) is 0. The molecule has 0 radical (unpaired) electrons. The minimum atomic E-state index is -0.831. The molecule has 3 rings (SSSR count). The fourth-order valence-electron chi connectivity index (χ4n) is 3.17. The van der Waals surface area contributed by atoms with Gasteiger partial charge in [0.15, 0.2) is 11.6 Å². The number of hydrogen-bond acceptors (Lipinski definition) is 2. The molecule has 0 N–H and O–H groups in total. The summed E-state index contributed by atoms with van der Waals surface area (Å²) in [6.07, 6.45) is 3.21. The van der Waals surface area contributed by atoms with Crippen molar-refractivity contribution in [3.63, 3.8) is 0 Å². The average molecular weight is 249 g/mol. The second-order valence-electron chi connectivity index (χ2n) is 4.86. The molecule has 2 nitrogen and oxygen atoms in total. The molecule has 1 aliphatic heterocycles. The first-order chi connectivity index (χ1) is 8.74. The molecule has 1 aliphatic carbocycles. The van der Waals surface area contributed by atoms with Crippen LogP contribution in [0.1, 0.15) is 41.9 Å². The Hall–Kier alpha value is -1.63. The highest BCUT2D eigenvalue weighted by Gasteiger charge is 2.35. The summed E-state index contributed by atoms with van der Waals surface area (Å²) < 4.78 is 32.9. The Bertz CT molecular complexity index is 548. The van der Waals surface area contributed by atoms with Crippen molar-refractivity contribution in [2.75, 3.05) is 6.61 Å². The molecule has 0 saturated heterocycles. The zero-order valence-corrected chi connectivity index (χ0v) is 9.93. The van der Waals surface area contributed by atoms with Crippen LogP contribution in [0.4, 0.5) is 8.78 Å². The van der Waals surface area contributed by atoms with E-state index in [-0.39, 0.29) is 11.7 Å². The summed E-state index contributed by atoms with van der Waals surface area (Å²) in [5.74, 6) is -1.28. The van der Waals surface area contributed by atoms with Crippen molar-refractivity contribution in [1.29, 1.82) is 5.26 Å². The number of benzene rings is 1. The lowest BCUT2D eigenvalue weighted by Gasteiger charge is -2.14. The van der Waals surface area contributed by atoms with Crippen molar-refractivity contribution in [2.24, 2.45) is 0 Å². The van der Waals surface area contributed by atoms with Crippen LogP contribution in [0.5, 0.6) is 5.75 Å². The number of fused-ring (bicyclic) bond motifs is 3. The van der Waals surface area contributed by atoms with Gasteiger partial charge in [-0.2, -0.15) is 9.65 Å².